The van der Waals surface area contributed by atoms with Crippen LogP contribution in [0.3, 0.4) is 0 Å². The van der Waals surface area contributed by atoms with Crippen LogP contribution in [0.1, 0.15) is 20.7 Å². The smallest absolute Gasteiger partial charge is 0.340 e. The molecule has 0 unspecified atom stereocenters. The lowest BCUT2D eigenvalue weighted by Crippen LogP contribution is -2.25. The number of esters is 2. The Bertz CT molecular complexity index is 1870. The van der Waals surface area contributed by atoms with Gasteiger partial charge in [0, 0.05) is 45.2 Å². The number of benzene rings is 3. The first kappa shape index (κ1) is 34.0. The van der Waals surface area contributed by atoms with E-state index in [1.807, 2.05) is 24.3 Å². The minimum absolute atomic E-state index is 0.0578. The van der Waals surface area contributed by atoms with E-state index in [9.17, 15) is 9.59 Å². The number of rotatable bonds is 20. The van der Waals surface area contributed by atoms with E-state index < -0.39 is 11.9 Å². The van der Waals surface area contributed by atoms with Gasteiger partial charge < -0.3 is 28.4 Å². The predicted molar refractivity (Wildman–Crippen MR) is 171 cm³/mol. The first-order valence-electron chi connectivity index (χ1n) is 15.2. The van der Waals surface area contributed by atoms with Crippen molar-refractivity contribution in [3.05, 3.63) is 91.3 Å². The van der Waals surface area contributed by atoms with Gasteiger partial charge in [0.1, 0.15) is 13.2 Å². The van der Waals surface area contributed by atoms with Crippen LogP contribution in [0.5, 0.6) is 0 Å². The minimum Gasteiger partial charge on any atom is -0.460 e. The fraction of sp³-hybridized carbons (Fsp3) is 0.375. The maximum absolute atomic E-state index is 13.0. The van der Waals surface area contributed by atoms with Crippen LogP contribution in [0.4, 0.5) is 11.4 Å². The number of fused-ring (bicyclic) bond motifs is 7. The quantitative estimate of drug-likeness (QED) is 0.0380. The summed E-state index contributed by atoms with van der Waals surface area (Å²) in [4.78, 5) is 40.6. The molecule has 0 aromatic heterocycles. The molecule has 0 radical (unpaired) electrons. The molecule has 0 N–H and O–H groups in total. The molecule has 48 heavy (non-hydrogen) atoms. The maximum atomic E-state index is 13.0. The van der Waals surface area contributed by atoms with E-state index in [1.54, 1.807) is 24.3 Å². The Hall–Kier alpha value is -5.34. The molecule has 0 spiro atoms. The third-order valence-electron chi connectivity index (χ3n) is 7.14. The molecule has 2 aliphatic heterocycles. The van der Waals surface area contributed by atoms with Crippen molar-refractivity contribution >= 4 is 23.3 Å². The van der Waals surface area contributed by atoms with Gasteiger partial charge in [0.15, 0.2) is 0 Å². The van der Waals surface area contributed by atoms with Crippen LogP contribution in [0.2, 0.25) is 0 Å². The second-order valence-electron chi connectivity index (χ2n) is 10.1. The zero-order valence-corrected chi connectivity index (χ0v) is 25.9. The highest BCUT2D eigenvalue weighted by Crippen LogP contribution is 2.38. The number of ether oxygens (including phenoxy) is 6. The molecule has 0 saturated heterocycles. The Morgan fingerprint density at radius 2 is 1.15 bits per heavy atom. The van der Waals surface area contributed by atoms with Gasteiger partial charge in [-0.15, -0.1) is 0 Å². The fourth-order valence-electron chi connectivity index (χ4n) is 4.99. The average Bonchev–Trinajstić information content (AvgIpc) is 3.68. The third kappa shape index (κ3) is 8.52. The van der Waals surface area contributed by atoms with Crippen molar-refractivity contribution in [2.24, 2.45) is 20.2 Å². The number of carbonyl (C=O) groups is 2. The summed E-state index contributed by atoms with van der Waals surface area (Å²) in [6.45, 7) is 2.98. The molecule has 16 heteroatoms. The standard InChI is InChI=1S/C32H32N8O8/c33-39-35-8-10-43-12-14-45-16-18-47-31(41)21-4-5-22-24-6-7-25-23-2-1-3-26(28(23)38-30(25)29(24)37-27(22)20-21)32(42)48-19-17-46-15-13-44-11-9-36-40-34/h1-7,20H,8-19H2. The zero-order valence-electron chi connectivity index (χ0n) is 25.9. The summed E-state index contributed by atoms with van der Waals surface area (Å²) in [5.41, 5.74) is 21.7. The zero-order chi connectivity index (χ0) is 33.6. The van der Waals surface area contributed by atoms with Crippen LogP contribution >= 0.6 is 0 Å². The summed E-state index contributed by atoms with van der Waals surface area (Å²) < 4.78 is 32.2. The van der Waals surface area contributed by atoms with Gasteiger partial charge in [-0.2, -0.15) is 0 Å². The van der Waals surface area contributed by atoms with Crippen molar-refractivity contribution in [3.8, 4) is 22.3 Å². The molecule has 0 fully saturated rings. The second-order valence-corrected chi connectivity index (χ2v) is 10.1. The number of azide groups is 2. The van der Waals surface area contributed by atoms with Crippen LogP contribution in [0.25, 0.3) is 43.1 Å². The van der Waals surface area contributed by atoms with Gasteiger partial charge in [-0.1, -0.05) is 40.6 Å². The topological polar surface area (TPSA) is 212 Å². The second kappa shape index (κ2) is 17.5. The molecule has 0 bridgehead atoms. The number of nitrogens with zero attached hydrogens (tertiary/aromatic N) is 8. The third-order valence-corrected chi connectivity index (χ3v) is 7.14. The van der Waals surface area contributed by atoms with E-state index in [2.05, 4.69) is 20.1 Å². The Labute approximate surface area is 274 Å². The maximum Gasteiger partial charge on any atom is 0.340 e. The first-order chi connectivity index (χ1) is 23.6. The van der Waals surface area contributed by atoms with E-state index in [0.29, 0.717) is 72.9 Å². The lowest BCUT2D eigenvalue weighted by molar-refractivity contribution is 0.0154. The number of hydrogen-bond acceptors (Lipinski definition) is 12. The Kier molecular flexibility index (Phi) is 12.4. The van der Waals surface area contributed by atoms with Crippen molar-refractivity contribution in [2.75, 3.05) is 79.2 Å². The van der Waals surface area contributed by atoms with Gasteiger partial charge >= 0.3 is 11.9 Å². The van der Waals surface area contributed by atoms with E-state index in [0.717, 1.165) is 22.3 Å². The molecular formula is C32H32N8O8. The molecule has 2 heterocycles. The Morgan fingerprint density at radius 3 is 1.79 bits per heavy atom. The summed E-state index contributed by atoms with van der Waals surface area (Å²) in [6, 6.07) is 14.5. The molecule has 0 saturated carbocycles. The van der Waals surface area contributed by atoms with E-state index >= 15 is 0 Å². The SMILES string of the molecule is [N-]=[N+]=NCCOCCOCCOC(=O)c1ccc2c(c1)N=c1c-2ccc2c1=Nc1c(C(=O)OCCOCCOCCN=[N+]=[N-])cccc1-2. The van der Waals surface area contributed by atoms with Gasteiger partial charge in [-0.3, -0.25) is 0 Å². The Balaban J connectivity index is 1.16. The first-order valence-corrected chi connectivity index (χ1v) is 15.2. The normalized spacial score (nSPS) is 11.5. The molecule has 3 aromatic rings. The Morgan fingerprint density at radius 1 is 0.604 bits per heavy atom. The van der Waals surface area contributed by atoms with Gasteiger partial charge in [-0.05, 0) is 29.3 Å². The molecule has 0 atom stereocenters. The summed E-state index contributed by atoms with van der Waals surface area (Å²) in [6.07, 6.45) is 0. The van der Waals surface area contributed by atoms with Crippen LogP contribution < -0.4 is 10.7 Å². The summed E-state index contributed by atoms with van der Waals surface area (Å²) >= 11 is 0. The van der Waals surface area contributed by atoms with Crippen LogP contribution in [-0.2, 0) is 28.4 Å². The van der Waals surface area contributed by atoms with Crippen molar-refractivity contribution in [1.29, 1.82) is 0 Å². The predicted octanol–water partition coefficient (Wildman–Crippen LogP) is 4.55. The van der Waals surface area contributed by atoms with Gasteiger partial charge in [0.05, 0.1) is 86.1 Å². The molecule has 0 amide bonds. The van der Waals surface area contributed by atoms with Crippen molar-refractivity contribution < 1.29 is 38.0 Å². The highest BCUT2D eigenvalue weighted by Gasteiger charge is 2.26. The minimum atomic E-state index is -0.515. The summed E-state index contributed by atoms with van der Waals surface area (Å²) in [5.74, 6) is -1.01. The molecule has 16 nitrogen and oxygen atoms in total. The van der Waals surface area contributed by atoms with E-state index in [-0.39, 0.29) is 39.5 Å². The lowest BCUT2D eigenvalue weighted by Gasteiger charge is -2.09. The van der Waals surface area contributed by atoms with Crippen LogP contribution in [-0.4, -0.2) is 91.1 Å². The summed E-state index contributed by atoms with van der Waals surface area (Å²) in [7, 11) is 0. The molecule has 0 aliphatic carbocycles. The highest BCUT2D eigenvalue weighted by atomic mass is 16.6. The van der Waals surface area contributed by atoms with Gasteiger partial charge in [0.2, 0.25) is 0 Å². The largest absolute Gasteiger partial charge is 0.460 e. The molecular weight excluding hydrogens is 624 g/mol. The van der Waals surface area contributed by atoms with Crippen LogP contribution in [0.15, 0.2) is 68.7 Å². The van der Waals surface area contributed by atoms with Gasteiger partial charge in [-0.25, -0.2) is 19.6 Å². The number of para-hydroxylation sites is 1. The van der Waals surface area contributed by atoms with Gasteiger partial charge in [0.25, 0.3) is 0 Å². The molecule has 248 valence electrons. The highest BCUT2D eigenvalue weighted by molar-refractivity contribution is 6.00. The molecule has 3 aromatic carbocycles. The van der Waals surface area contributed by atoms with Crippen molar-refractivity contribution in [2.45, 2.75) is 0 Å². The number of hydrogen-bond donors (Lipinski definition) is 0. The molecule has 2 aliphatic rings. The lowest BCUT2D eigenvalue weighted by atomic mass is 9.98. The van der Waals surface area contributed by atoms with Crippen LogP contribution in [0, 0.1) is 0 Å². The number of carbonyl (C=O) groups excluding carboxylic acids is 2. The van der Waals surface area contributed by atoms with Crippen molar-refractivity contribution in [3.63, 3.8) is 0 Å². The van der Waals surface area contributed by atoms with Crippen molar-refractivity contribution in [1.82, 2.24) is 0 Å². The fourth-order valence-corrected chi connectivity index (χ4v) is 4.99. The average molecular weight is 657 g/mol. The van der Waals surface area contributed by atoms with E-state index in [4.69, 9.17) is 49.5 Å². The summed E-state index contributed by atoms with van der Waals surface area (Å²) in [5, 5.41) is 8.06. The monoisotopic (exact) mass is 656 g/mol. The van der Waals surface area contributed by atoms with E-state index in [1.165, 1.54) is 0 Å². The molecule has 5 rings (SSSR count).